The monoisotopic (exact) mass is 290 g/mol. The van der Waals surface area contributed by atoms with Gasteiger partial charge in [-0.25, -0.2) is 0 Å². The first-order valence-corrected chi connectivity index (χ1v) is 6.55. The largest absolute Gasteiger partial charge is 0.376 e. The zero-order chi connectivity index (χ0) is 13.0. The minimum absolute atomic E-state index is 0.0115. The molecule has 6 heteroatoms. The topological polar surface area (TPSA) is 56.5 Å². The third-order valence-electron chi connectivity index (χ3n) is 2.94. The molecule has 3 N–H and O–H groups in total. The molecule has 1 saturated heterocycles. The van der Waals surface area contributed by atoms with Gasteiger partial charge in [0.1, 0.15) is 0 Å². The highest BCUT2D eigenvalue weighted by Crippen LogP contribution is 2.23. The van der Waals surface area contributed by atoms with E-state index in [1.165, 1.54) is 0 Å². The average molecular weight is 291 g/mol. The second-order valence-electron chi connectivity index (χ2n) is 4.21. The van der Waals surface area contributed by atoms with Crippen LogP contribution in [0, 0.1) is 0 Å². The fraction of sp³-hybridized carbons (Fsp3) is 0.500. The average Bonchev–Trinajstić information content (AvgIpc) is 2.41. The van der Waals surface area contributed by atoms with Gasteiger partial charge in [0, 0.05) is 0 Å². The Bertz CT molecular complexity index is 398. The molecule has 1 aromatic carbocycles. The summed E-state index contributed by atoms with van der Waals surface area (Å²) in [6.07, 6.45) is 0.666. The van der Waals surface area contributed by atoms with Crippen LogP contribution in [0.2, 0.25) is 10.0 Å². The molecule has 2 atom stereocenters. The summed E-state index contributed by atoms with van der Waals surface area (Å²) in [5.41, 5.74) is 3.83. The summed E-state index contributed by atoms with van der Waals surface area (Å²) in [6.45, 7) is 1.79. The van der Waals surface area contributed by atoms with Crippen LogP contribution in [0.5, 0.6) is 0 Å². The van der Waals surface area contributed by atoms with Crippen molar-refractivity contribution in [2.45, 2.75) is 18.6 Å². The van der Waals surface area contributed by atoms with Crippen LogP contribution in [0.15, 0.2) is 18.2 Å². The summed E-state index contributed by atoms with van der Waals surface area (Å²) in [6, 6.07) is 5.55. The lowest BCUT2D eigenvalue weighted by atomic mass is 10.0. The Balaban J connectivity index is 2.02. The second kappa shape index (κ2) is 6.70. The molecular weight excluding hydrogens is 275 g/mol. The number of rotatable bonds is 4. The van der Waals surface area contributed by atoms with Gasteiger partial charge < -0.3 is 9.47 Å². The van der Waals surface area contributed by atoms with E-state index in [2.05, 4.69) is 5.43 Å². The summed E-state index contributed by atoms with van der Waals surface area (Å²) in [7, 11) is 0. The van der Waals surface area contributed by atoms with Crippen LogP contribution in [-0.2, 0) is 15.9 Å². The lowest BCUT2D eigenvalue weighted by Crippen LogP contribution is -2.50. The van der Waals surface area contributed by atoms with Crippen LogP contribution in [0.4, 0.5) is 0 Å². The van der Waals surface area contributed by atoms with Crippen LogP contribution in [0.3, 0.4) is 0 Å². The van der Waals surface area contributed by atoms with E-state index in [0.717, 1.165) is 5.56 Å². The fourth-order valence-corrected chi connectivity index (χ4v) is 2.28. The Morgan fingerprint density at radius 1 is 1.33 bits per heavy atom. The van der Waals surface area contributed by atoms with E-state index < -0.39 is 0 Å². The molecule has 1 heterocycles. The molecule has 0 spiro atoms. The van der Waals surface area contributed by atoms with E-state index in [1.807, 2.05) is 12.1 Å². The van der Waals surface area contributed by atoms with Crippen LogP contribution in [-0.4, -0.2) is 32.0 Å². The van der Waals surface area contributed by atoms with E-state index in [0.29, 0.717) is 36.3 Å². The maximum Gasteiger partial charge on any atom is 0.0978 e. The second-order valence-corrected chi connectivity index (χ2v) is 5.02. The van der Waals surface area contributed by atoms with Crippen molar-refractivity contribution in [3.8, 4) is 0 Å². The van der Waals surface area contributed by atoms with Gasteiger partial charge in [-0.15, -0.1) is 0 Å². The van der Waals surface area contributed by atoms with Crippen LogP contribution in [0.1, 0.15) is 5.56 Å². The van der Waals surface area contributed by atoms with E-state index >= 15 is 0 Å². The SMILES string of the molecule is NNC(Cc1ccc(Cl)c(Cl)c1)C1COCCO1. The quantitative estimate of drug-likeness (QED) is 0.656. The molecule has 1 fully saturated rings. The Hall–Kier alpha value is -0.360. The summed E-state index contributed by atoms with van der Waals surface area (Å²) in [5.74, 6) is 5.57. The number of nitrogens with two attached hydrogens (primary N) is 1. The predicted molar refractivity (Wildman–Crippen MR) is 71.8 cm³/mol. The smallest absolute Gasteiger partial charge is 0.0978 e. The molecule has 1 aliphatic rings. The first-order chi connectivity index (χ1) is 8.70. The molecule has 1 aromatic rings. The lowest BCUT2D eigenvalue weighted by molar-refractivity contribution is -0.101. The van der Waals surface area contributed by atoms with Gasteiger partial charge in [-0.3, -0.25) is 11.3 Å². The number of benzene rings is 1. The predicted octanol–water partition coefficient (Wildman–Crippen LogP) is 1.78. The van der Waals surface area contributed by atoms with E-state index in [4.69, 9.17) is 38.5 Å². The van der Waals surface area contributed by atoms with Gasteiger partial charge >= 0.3 is 0 Å². The first kappa shape index (κ1) is 14.1. The third-order valence-corrected chi connectivity index (χ3v) is 3.68. The number of ether oxygens (including phenoxy) is 2. The molecule has 1 aliphatic heterocycles. The van der Waals surface area contributed by atoms with Gasteiger partial charge in [0.2, 0.25) is 0 Å². The number of hydrogen-bond donors (Lipinski definition) is 2. The highest BCUT2D eigenvalue weighted by atomic mass is 35.5. The number of hydrazine groups is 1. The molecule has 100 valence electrons. The molecule has 18 heavy (non-hydrogen) atoms. The maximum atomic E-state index is 5.99. The van der Waals surface area contributed by atoms with Crippen molar-refractivity contribution in [1.82, 2.24) is 5.43 Å². The fourth-order valence-electron chi connectivity index (χ4n) is 1.96. The normalized spacial score (nSPS) is 21.8. The van der Waals surface area contributed by atoms with Gasteiger partial charge in [0.25, 0.3) is 0 Å². The molecule has 2 unspecified atom stereocenters. The lowest BCUT2D eigenvalue weighted by Gasteiger charge is -2.30. The number of hydrogen-bond acceptors (Lipinski definition) is 4. The molecule has 0 saturated carbocycles. The summed E-state index contributed by atoms with van der Waals surface area (Å²) in [5, 5.41) is 1.10. The van der Waals surface area contributed by atoms with Crippen molar-refractivity contribution in [2.24, 2.45) is 5.84 Å². The molecule has 0 amide bonds. The maximum absolute atomic E-state index is 5.99. The molecule has 0 aliphatic carbocycles. The third kappa shape index (κ3) is 3.57. The van der Waals surface area contributed by atoms with Crippen molar-refractivity contribution in [1.29, 1.82) is 0 Å². The minimum Gasteiger partial charge on any atom is -0.376 e. The summed E-state index contributed by atoms with van der Waals surface area (Å²) < 4.78 is 11.0. The Labute approximate surface area is 116 Å². The number of nitrogens with one attached hydrogen (secondary N) is 1. The highest BCUT2D eigenvalue weighted by Gasteiger charge is 2.24. The van der Waals surface area contributed by atoms with Crippen molar-refractivity contribution in [3.05, 3.63) is 33.8 Å². The van der Waals surface area contributed by atoms with E-state index in [1.54, 1.807) is 6.07 Å². The van der Waals surface area contributed by atoms with Crippen molar-refractivity contribution >= 4 is 23.2 Å². The van der Waals surface area contributed by atoms with Gasteiger partial charge in [0.05, 0.1) is 42.0 Å². The zero-order valence-electron chi connectivity index (χ0n) is 9.86. The van der Waals surface area contributed by atoms with E-state index in [9.17, 15) is 0 Å². The van der Waals surface area contributed by atoms with Crippen molar-refractivity contribution in [3.63, 3.8) is 0 Å². The highest BCUT2D eigenvalue weighted by molar-refractivity contribution is 6.42. The standard InChI is InChI=1S/C12H16Cl2N2O2/c13-9-2-1-8(5-10(9)14)6-11(16-15)12-7-17-3-4-18-12/h1-2,5,11-12,16H,3-4,6-7,15H2. The molecule has 0 radical (unpaired) electrons. The van der Waals surface area contributed by atoms with Crippen molar-refractivity contribution in [2.75, 3.05) is 19.8 Å². The number of halogens is 2. The van der Waals surface area contributed by atoms with Crippen LogP contribution < -0.4 is 11.3 Å². The summed E-state index contributed by atoms with van der Waals surface area (Å²) in [4.78, 5) is 0. The van der Waals surface area contributed by atoms with Gasteiger partial charge in [0.15, 0.2) is 0 Å². The zero-order valence-corrected chi connectivity index (χ0v) is 11.4. The Kier molecular flexibility index (Phi) is 5.24. The molecule has 0 aromatic heterocycles. The van der Waals surface area contributed by atoms with E-state index in [-0.39, 0.29) is 12.1 Å². The molecule has 4 nitrogen and oxygen atoms in total. The Morgan fingerprint density at radius 3 is 2.78 bits per heavy atom. The molecule has 2 rings (SSSR count). The van der Waals surface area contributed by atoms with Gasteiger partial charge in [-0.2, -0.15) is 0 Å². The summed E-state index contributed by atoms with van der Waals surface area (Å²) >= 11 is 11.9. The molecule has 0 bridgehead atoms. The Morgan fingerprint density at radius 2 is 2.17 bits per heavy atom. The van der Waals surface area contributed by atoms with Crippen molar-refractivity contribution < 1.29 is 9.47 Å². The van der Waals surface area contributed by atoms with Gasteiger partial charge in [-0.05, 0) is 24.1 Å². The first-order valence-electron chi connectivity index (χ1n) is 5.80. The molecular formula is C12H16Cl2N2O2. The minimum atomic E-state index is -0.0433. The van der Waals surface area contributed by atoms with Crippen LogP contribution in [0.25, 0.3) is 0 Å². The van der Waals surface area contributed by atoms with Gasteiger partial charge in [-0.1, -0.05) is 29.3 Å². The van der Waals surface area contributed by atoms with Crippen LogP contribution >= 0.6 is 23.2 Å².